The Labute approximate surface area is 192 Å². The van der Waals surface area contributed by atoms with E-state index in [1.165, 1.54) is 5.56 Å². The molecule has 0 saturated heterocycles. The molecule has 4 rings (SSSR count). The molecule has 0 spiro atoms. The maximum absolute atomic E-state index is 13.1. The fraction of sp³-hybridized carbons (Fsp3) is 0.148. The number of nitrogens with one attached hydrogen (secondary N) is 1. The summed E-state index contributed by atoms with van der Waals surface area (Å²) in [5, 5.41) is 7.41. The topological polar surface area (TPSA) is 73.2 Å². The van der Waals surface area contributed by atoms with Crippen LogP contribution >= 0.6 is 0 Å². The van der Waals surface area contributed by atoms with Crippen molar-refractivity contribution in [3.05, 3.63) is 102 Å². The van der Waals surface area contributed by atoms with Crippen LogP contribution in [0.2, 0.25) is 0 Å². The van der Waals surface area contributed by atoms with Gasteiger partial charge in [-0.15, -0.1) is 0 Å². The summed E-state index contributed by atoms with van der Waals surface area (Å²) in [7, 11) is 0. The highest BCUT2D eigenvalue weighted by Crippen LogP contribution is 2.25. The summed E-state index contributed by atoms with van der Waals surface area (Å²) in [5.41, 5.74) is 4.21. The quantitative estimate of drug-likeness (QED) is 0.397. The lowest BCUT2D eigenvalue weighted by Gasteiger charge is -2.13. The van der Waals surface area contributed by atoms with Crippen molar-refractivity contribution in [2.75, 3.05) is 5.32 Å². The molecule has 4 aromatic rings. The maximum atomic E-state index is 13.1. The number of ether oxygens (including phenoxy) is 1. The van der Waals surface area contributed by atoms with Crippen molar-refractivity contribution < 1.29 is 14.3 Å². The SMILES string of the molecule is CCc1ccc(NC(=O)[C@@H](C)OC(=O)c2cn(-c3ccccc3)nc2-c2ccccc2)cc1. The third-order valence-electron chi connectivity index (χ3n) is 5.28. The summed E-state index contributed by atoms with van der Waals surface area (Å²) in [6.45, 7) is 3.62. The van der Waals surface area contributed by atoms with Crippen LogP contribution in [0.1, 0.15) is 29.8 Å². The minimum atomic E-state index is -0.980. The molecule has 1 N–H and O–H groups in total. The molecule has 6 heteroatoms. The van der Waals surface area contributed by atoms with Gasteiger partial charge in [0.15, 0.2) is 6.10 Å². The first-order valence-corrected chi connectivity index (χ1v) is 10.9. The molecule has 3 aromatic carbocycles. The normalized spacial score (nSPS) is 11.6. The first-order valence-electron chi connectivity index (χ1n) is 10.9. The van der Waals surface area contributed by atoms with Crippen LogP contribution in [0.5, 0.6) is 0 Å². The van der Waals surface area contributed by atoms with Gasteiger partial charge in [0.25, 0.3) is 5.91 Å². The van der Waals surface area contributed by atoms with Gasteiger partial charge in [-0.3, -0.25) is 4.79 Å². The van der Waals surface area contributed by atoms with E-state index >= 15 is 0 Å². The summed E-state index contributed by atoms with van der Waals surface area (Å²) in [6, 6.07) is 26.5. The Balaban J connectivity index is 1.55. The first kappa shape index (κ1) is 22.0. The Kier molecular flexibility index (Phi) is 6.64. The number of carbonyl (C=O) groups excluding carboxylic acids is 2. The number of amides is 1. The van der Waals surface area contributed by atoms with Crippen LogP contribution in [0.15, 0.2) is 91.1 Å². The molecule has 6 nitrogen and oxygen atoms in total. The van der Waals surface area contributed by atoms with Gasteiger partial charge in [-0.2, -0.15) is 5.10 Å². The Morgan fingerprint density at radius 3 is 2.21 bits per heavy atom. The van der Waals surface area contributed by atoms with Crippen LogP contribution < -0.4 is 5.32 Å². The average Bonchev–Trinajstić information content (AvgIpc) is 3.31. The van der Waals surface area contributed by atoms with Gasteiger partial charge in [0, 0.05) is 17.4 Å². The first-order chi connectivity index (χ1) is 16.0. The lowest BCUT2D eigenvalue weighted by molar-refractivity contribution is -0.123. The van der Waals surface area contributed by atoms with E-state index in [2.05, 4.69) is 17.3 Å². The van der Waals surface area contributed by atoms with Crippen molar-refractivity contribution in [2.24, 2.45) is 0 Å². The number of hydrogen-bond donors (Lipinski definition) is 1. The van der Waals surface area contributed by atoms with Crippen molar-refractivity contribution in [2.45, 2.75) is 26.4 Å². The van der Waals surface area contributed by atoms with Gasteiger partial charge in [-0.1, -0.05) is 67.6 Å². The van der Waals surface area contributed by atoms with Crippen molar-refractivity contribution in [1.29, 1.82) is 0 Å². The van der Waals surface area contributed by atoms with Crippen LogP contribution in [-0.4, -0.2) is 27.8 Å². The zero-order chi connectivity index (χ0) is 23.2. The van der Waals surface area contributed by atoms with Crippen molar-refractivity contribution in [3.63, 3.8) is 0 Å². The fourth-order valence-electron chi connectivity index (χ4n) is 3.39. The monoisotopic (exact) mass is 439 g/mol. The van der Waals surface area contributed by atoms with E-state index in [4.69, 9.17) is 4.74 Å². The average molecular weight is 440 g/mol. The second kappa shape index (κ2) is 9.96. The van der Waals surface area contributed by atoms with Gasteiger partial charge in [0.2, 0.25) is 0 Å². The van der Waals surface area contributed by atoms with Crippen LogP contribution in [-0.2, 0) is 16.0 Å². The number of nitrogens with zero attached hydrogens (tertiary/aromatic N) is 2. The van der Waals surface area contributed by atoms with Gasteiger partial charge < -0.3 is 10.1 Å². The van der Waals surface area contributed by atoms with Crippen molar-refractivity contribution in [1.82, 2.24) is 9.78 Å². The van der Waals surface area contributed by atoms with E-state index < -0.39 is 18.0 Å². The highest BCUT2D eigenvalue weighted by molar-refractivity contribution is 6.00. The number of para-hydroxylation sites is 1. The molecule has 0 aliphatic heterocycles. The van der Waals surface area contributed by atoms with Gasteiger partial charge in [0.05, 0.1) is 5.69 Å². The molecule has 0 saturated carbocycles. The highest BCUT2D eigenvalue weighted by atomic mass is 16.5. The smallest absolute Gasteiger partial charge is 0.342 e. The predicted molar refractivity (Wildman–Crippen MR) is 128 cm³/mol. The lowest BCUT2D eigenvalue weighted by Crippen LogP contribution is -2.30. The molecule has 0 bridgehead atoms. The van der Waals surface area contributed by atoms with Crippen LogP contribution in [0.25, 0.3) is 16.9 Å². The van der Waals surface area contributed by atoms with E-state index in [9.17, 15) is 9.59 Å². The van der Waals surface area contributed by atoms with Gasteiger partial charge in [-0.05, 0) is 43.2 Å². The molecule has 166 valence electrons. The van der Waals surface area contributed by atoms with Crippen LogP contribution in [0.4, 0.5) is 5.69 Å². The zero-order valence-electron chi connectivity index (χ0n) is 18.6. The molecule has 1 heterocycles. The molecule has 1 aromatic heterocycles. The van der Waals surface area contributed by atoms with E-state index in [-0.39, 0.29) is 5.56 Å². The third kappa shape index (κ3) is 5.18. The second-order valence-electron chi connectivity index (χ2n) is 7.62. The standard InChI is InChI=1S/C27H25N3O3/c1-3-20-14-16-22(17-15-20)28-26(31)19(2)33-27(32)24-18-30(23-12-8-5-9-13-23)29-25(24)21-10-6-4-7-11-21/h4-19H,3H2,1-2H3,(H,28,31)/t19-/m1/s1. The molecule has 33 heavy (non-hydrogen) atoms. The number of rotatable bonds is 7. The molecule has 0 fully saturated rings. The predicted octanol–water partition coefficient (Wildman–Crippen LogP) is 5.29. The number of hydrogen-bond acceptors (Lipinski definition) is 4. The number of anilines is 1. The lowest BCUT2D eigenvalue weighted by atomic mass is 10.1. The van der Waals surface area contributed by atoms with Gasteiger partial charge >= 0.3 is 5.97 Å². The number of benzene rings is 3. The van der Waals surface area contributed by atoms with E-state index in [1.807, 2.05) is 84.9 Å². The molecular formula is C27H25N3O3. The van der Waals surface area contributed by atoms with Crippen molar-refractivity contribution >= 4 is 17.6 Å². The van der Waals surface area contributed by atoms with Crippen LogP contribution in [0.3, 0.4) is 0 Å². The van der Waals surface area contributed by atoms with Crippen LogP contribution in [0, 0.1) is 0 Å². The van der Waals surface area contributed by atoms with E-state index in [1.54, 1.807) is 17.8 Å². The molecule has 1 atom stereocenters. The summed E-state index contributed by atoms with van der Waals surface area (Å²) in [6.07, 6.45) is 1.57. The molecule has 0 aliphatic rings. The van der Waals surface area contributed by atoms with Gasteiger partial charge in [-0.25, -0.2) is 9.48 Å². The maximum Gasteiger partial charge on any atom is 0.342 e. The Hall–Kier alpha value is -4.19. The van der Waals surface area contributed by atoms with E-state index in [0.29, 0.717) is 11.4 Å². The zero-order valence-corrected chi connectivity index (χ0v) is 18.6. The fourth-order valence-corrected chi connectivity index (χ4v) is 3.39. The molecule has 0 unspecified atom stereocenters. The minimum absolute atomic E-state index is 0.289. The Morgan fingerprint density at radius 1 is 0.939 bits per heavy atom. The molecule has 0 aliphatic carbocycles. The number of aromatic nitrogens is 2. The Morgan fingerprint density at radius 2 is 1.58 bits per heavy atom. The second-order valence-corrected chi connectivity index (χ2v) is 7.62. The van der Waals surface area contributed by atoms with E-state index in [0.717, 1.165) is 17.7 Å². The number of esters is 1. The summed E-state index contributed by atoms with van der Waals surface area (Å²) in [4.78, 5) is 25.7. The molecular weight excluding hydrogens is 414 g/mol. The third-order valence-corrected chi connectivity index (χ3v) is 5.28. The number of carbonyl (C=O) groups is 2. The Bertz CT molecular complexity index is 1230. The summed E-state index contributed by atoms with van der Waals surface area (Å²) in [5.74, 6) is -1.01. The summed E-state index contributed by atoms with van der Waals surface area (Å²) >= 11 is 0. The highest BCUT2D eigenvalue weighted by Gasteiger charge is 2.24. The summed E-state index contributed by atoms with van der Waals surface area (Å²) < 4.78 is 7.16. The molecule has 0 radical (unpaired) electrons. The molecule has 1 amide bonds. The minimum Gasteiger partial charge on any atom is -0.449 e. The largest absolute Gasteiger partial charge is 0.449 e. The van der Waals surface area contributed by atoms with Crippen molar-refractivity contribution in [3.8, 4) is 16.9 Å². The number of aryl methyl sites for hydroxylation is 1. The van der Waals surface area contributed by atoms with Gasteiger partial charge in [0.1, 0.15) is 11.3 Å².